The molecule has 0 N–H and O–H groups in total. The molecule has 0 spiro atoms. The lowest BCUT2D eigenvalue weighted by Gasteiger charge is -2.13. The maximum Gasteiger partial charge on any atom is 0.471 e. The first-order chi connectivity index (χ1) is 13.3. The summed E-state index contributed by atoms with van der Waals surface area (Å²) in [5.74, 6) is -0.00645. The lowest BCUT2D eigenvalue weighted by Crippen LogP contribution is -2.05. The molecule has 0 bridgehead atoms. The van der Waals surface area contributed by atoms with Gasteiger partial charge in [0.1, 0.15) is 11.5 Å². The molecule has 1 aromatic carbocycles. The summed E-state index contributed by atoms with van der Waals surface area (Å²) >= 11 is 3.32. The van der Waals surface area contributed by atoms with E-state index in [4.69, 9.17) is 9.26 Å². The minimum atomic E-state index is -4.67. The number of aryl methyl sites for hydroxylation is 3. The second-order valence-electron chi connectivity index (χ2n) is 6.23. The van der Waals surface area contributed by atoms with Gasteiger partial charge in [-0.2, -0.15) is 18.2 Å². The van der Waals surface area contributed by atoms with Gasteiger partial charge in [-0.3, -0.25) is 0 Å². The van der Waals surface area contributed by atoms with Crippen molar-refractivity contribution in [2.24, 2.45) is 0 Å². The molecule has 0 aliphatic carbocycles. The van der Waals surface area contributed by atoms with Gasteiger partial charge in [0.25, 0.3) is 0 Å². The van der Waals surface area contributed by atoms with E-state index in [0.717, 1.165) is 29.0 Å². The van der Waals surface area contributed by atoms with Crippen molar-refractivity contribution in [3.05, 3.63) is 46.7 Å². The molecule has 2 aromatic heterocycles. The Morgan fingerprint density at radius 3 is 2.36 bits per heavy atom. The van der Waals surface area contributed by atoms with Crippen molar-refractivity contribution in [2.45, 2.75) is 38.2 Å². The van der Waals surface area contributed by atoms with Crippen LogP contribution < -0.4 is 4.74 Å². The summed E-state index contributed by atoms with van der Waals surface area (Å²) in [6.07, 6.45) is -3.24. The molecule has 0 saturated heterocycles. The Balaban J connectivity index is 1.64. The van der Waals surface area contributed by atoms with E-state index in [1.54, 1.807) is 12.1 Å². The summed E-state index contributed by atoms with van der Waals surface area (Å²) in [7, 11) is 0. The second kappa shape index (κ2) is 8.34. The summed E-state index contributed by atoms with van der Waals surface area (Å²) in [5.41, 5.74) is 2.82. The lowest BCUT2D eigenvalue weighted by molar-refractivity contribution is -0.159. The smallest absolute Gasteiger partial charge is 0.471 e. The fourth-order valence-corrected chi connectivity index (χ4v) is 2.98. The monoisotopic (exact) mass is 459 g/mol. The third-order valence-electron chi connectivity index (χ3n) is 3.95. The number of rotatable bonds is 7. The molecule has 10 heteroatoms. The number of ether oxygens (including phenoxy) is 1. The van der Waals surface area contributed by atoms with Crippen LogP contribution in [0.2, 0.25) is 0 Å². The number of alkyl halides is 4. The standard InChI is InChI=1S/C18H17BrF3N3O3/c1-10-6-12(16-23-17(28-25-16)18(20,21)22)7-11(2)15(10)26-5-3-4-14-8-13(9-19)24-27-14/h6-8H,3-5,9H2,1-2H3. The molecule has 3 rings (SSSR count). The van der Waals surface area contributed by atoms with Gasteiger partial charge in [-0.15, -0.1) is 0 Å². The zero-order valence-corrected chi connectivity index (χ0v) is 16.7. The van der Waals surface area contributed by atoms with E-state index in [1.165, 1.54) is 0 Å². The molecule has 0 radical (unpaired) electrons. The van der Waals surface area contributed by atoms with Gasteiger partial charge in [-0.05, 0) is 43.5 Å². The number of hydrogen-bond acceptors (Lipinski definition) is 6. The Bertz CT molecular complexity index is 930. The minimum absolute atomic E-state index is 0.113. The van der Waals surface area contributed by atoms with Crippen LogP contribution >= 0.6 is 15.9 Å². The zero-order chi connectivity index (χ0) is 20.3. The molecule has 150 valence electrons. The van der Waals surface area contributed by atoms with Gasteiger partial charge in [-0.1, -0.05) is 26.2 Å². The highest BCUT2D eigenvalue weighted by atomic mass is 79.9. The van der Waals surface area contributed by atoms with Gasteiger partial charge < -0.3 is 13.8 Å². The third-order valence-corrected chi connectivity index (χ3v) is 4.52. The summed E-state index contributed by atoms with van der Waals surface area (Å²) in [6, 6.07) is 5.23. The quantitative estimate of drug-likeness (QED) is 0.354. The summed E-state index contributed by atoms with van der Waals surface area (Å²) in [6.45, 7) is 4.09. The first-order valence-corrected chi connectivity index (χ1v) is 9.56. The maximum absolute atomic E-state index is 12.6. The van der Waals surface area contributed by atoms with E-state index in [-0.39, 0.29) is 5.82 Å². The van der Waals surface area contributed by atoms with Crippen molar-refractivity contribution in [3.63, 3.8) is 0 Å². The minimum Gasteiger partial charge on any atom is -0.493 e. The number of halogens is 4. The van der Waals surface area contributed by atoms with Crippen LogP contribution in [0, 0.1) is 13.8 Å². The average molecular weight is 460 g/mol. The molecule has 0 fully saturated rings. The fraction of sp³-hybridized carbons (Fsp3) is 0.389. The van der Waals surface area contributed by atoms with Crippen LogP contribution in [-0.2, 0) is 17.9 Å². The number of aromatic nitrogens is 3. The second-order valence-corrected chi connectivity index (χ2v) is 6.79. The molecule has 6 nitrogen and oxygen atoms in total. The molecular formula is C18H17BrF3N3O3. The topological polar surface area (TPSA) is 74.2 Å². The van der Waals surface area contributed by atoms with Crippen molar-refractivity contribution in [2.75, 3.05) is 6.61 Å². The summed E-state index contributed by atoms with van der Waals surface area (Å²) in [5, 5.41) is 7.96. The van der Waals surface area contributed by atoms with Crippen LogP contribution in [-0.4, -0.2) is 21.9 Å². The molecule has 2 heterocycles. The van der Waals surface area contributed by atoms with E-state index in [9.17, 15) is 13.2 Å². The molecule has 0 aliphatic heterocycles. The Kier molecular flexibility index (Phi) is 6.07. The number of benzene rings is 1. The summed E-state index contributed by atoms with van der Waals surface area (Å²) < 4.78 is 53.2. The predicted molar refractivity (Wildman–Crippen MR) is 97.2 cm³/mol. The van der Waals surface area contributed by atoms with Gasteiger partial charge in [-0.25, -0.2) is 0 Å². The van der Waals surface area contributed by atoms with E-state index in [2.05, 4.69) is 35.8 Å². The largest absolute Gasteiger partial charge is 0.493 e. The highest BCUT2D eigenvalue weighted by molar-refractivity contribution is 9.08. The average Bonchev–Trinajstić information content (AvgIpc) is 3.29. The van der Waals surface area contributed by atoms with Crippen LogP contribution in [0.4, 0.5) is 13.2 Å². The molecule has 3 aromatic rings. The first-order valence-electron chi connectivity index (χ1n) is 8.43. The first kappa shape index (κ1) is 20.4. The maximum atomic E-state index is 12.6. The number of nitrogens with zero attached hydrogens (tertiary/aromatic N) is 3. The highest BCUT2D eigenvalue weighted by Gasteiger charge is 2.38. The Morgan fingerprint density at radius 1 is 1.07 bits per heavy atom. The van der Waals surface area contributed by atoms with Crippen molar-refractivity contribution in [1.82, 2.24) is 15.3 Å². The van der Waals surface area contributed by atoms with Crippen LogP contribution in [0.3, 0.4) is 0 Å². The highest BCUT2D eigenvalue weighted by Crippen LogP contribution is 2.32. The van der Waals surface area contributed by atoms with E-state index in [1.807, 2.05) is 19.9 Å². The van der Waals surface area contributed by atoms with Gasteiger partial charge in [0.05, 0.1) is 12.3 Å². The third kappa shape index (κ3) is 4.73. The molecule has 0 saturated carbocycles. The molecule has 0 atom stereocenters. The van der Waals surface area contributed by atoms with E-state index in [0.29, 0.717) is 29.7 Å². The Labute approximate surface area is 167 Å². The van der Waals surface area contributed by atoms with Gasteiger partial charge in [0, 0.05) is 23.4 Å². The summed E-state index contributed by atoms with van der Waals surface area (Å²) in [4.78, 5) is 3.42. The van der Waals surface area contributed by atoms with Crippen LogP contribution in [0.25, 0.3) is 11.4 Å². The van der Waals surface area contributed by atoms with Crippen LogP contribution in [0.1, 0.15) is 34.9 Å². The van der Waals surface area contributed by atoms with Crippen molar-refractivity contribution >= 4 is 15.9 Å². The fourth-order valence-electron chi connectivity index (χ4n) is 2.72. The van der Waals surface area contributed by atoms with Crippen LogP contribution in [0.5, 0.6) is 5.75 Å². The van der Waals surface area contributed by atoms with E-state index < -0.39 is 12.1 Å². The number of hydrogen-bond donors (Lipinski definition) is 0. The normalized spacial score (nSPS) is 11.8. The van der Waals surface area contributed by atoms with Crippen molar-refractivity contribution in [3.8, 4) is 17.1 Å². The lowest BCUT2D eigenvalue weighted by atomic mass is 10.1. The Hall–Kier alpha value is -2.36. The van der Waals surface area contributed by atoms with Crippen LogP contribution in [0.15, 0.2) is 27.2 Å². The zero-order valence-electron chi connectivity index (χ0n) is 15.1. The van der Waals surface area contributed by atoms with Gasteiger partial charge >= 0.3 is 12.1 Å². The Morgan fingerprint density at radius 2 is 1.79 bits per heavy atom. The SMILES string of the molecule is Cc1cc(-c2noc(C(F)(F)F)n2)cc(C)c1OCCCc1cc(CBr)no1. The molecule has 0 amide bonds. The molecular weight excluding hydrogens is 443 g/mol. The van der Waals surface area contributed by atoms with Gasteiger partial charge in [0.2, 0.25) is 5.82 Å². The molecule has 28 heavy (non-hydrogen) atoms. The van der Waals surface area contributed by atoms with E-state index >= 15 is 0 Å². The van der Waals surface area contributed by atoms with Crippen molar-refractivity contribution < 1.29 is 27.0 Å². The predicted octanol–water partition coefficient (Wildman–Crippen LogP) is 5.27. The molecule has 0 aliphatic rings. The van der Waals surface area contributed by atoms with Gasteiger partial charge in [0.15, 0.2) is 0 Å². The van der Waals surface area contributed by atoms with Crippen molar-refractivity contribution in [1.29, 1.82) is 0 Å². The molecule has 0 unspecified atom stereocenters.